The van der Waals surface area contributed by atoms with Crippen molar-refractivity contribution in [1.82, 2.24) is 4.90 Å². The Bertz CT molecular complexity index is 452. The Hall–Kier alpha value is -0.320. The highest BCUT2D eigenvalue weighted by molar-refractivity contribution is 6.42. The molecule has 0 aliphatic heterocycles. The first-order valence-electron chi connectivity index (χ1n) is 7.60. The average Bonchev–Trinajstić information content (AvgIpc) is 2.42. The van der Waals surface area contributed by atoms with E-state index in [9.17, 15) is 5.11 Å². The average molecular weight is 332 g/mol. The van der Waals surface area contributed by atoms with Crippen LogP contribution >= 0.6 is 23.2 Å². The predicted molar refractivity (Wildman–Crippen MR) is 87.0 cm³/mol. The molecule has 1 aliphatic carbocycles. The molecular formula is C16H23Cl2NO2. The molecule has 2 rings (SSSR count). The maximum Gasteiger partial charge on any atom is 0.0817 e. The van der Waals surface area contributed by atoms with E-state index >= 15 is 0 Å². The molecule has 1 unspecified atom stereocenters. The number of hydrogen-bond donors (Lipinski definition) is 2. The van der Waals surface area contributed by atoms with Gasteiger partial charge in [0.15, 0.2) is 0 Å². The van der Waals surface area contributed by atoms with Gasteiger partial charge in [0.25, 0.3) is 0 Å². The number of benzene rings is 1. The molecule has 3 nitrogen and oxygen atoms in total. The second-order valence-electron chi connectivity index (χ2n) is 5.65. The molecule has 0 bridgehead atoms. The van der Waals surface area contributed by atoms with Crippen LogP contribution in [0, 0.1) is 0 Å². The van der Waals surface area contributed by atoms with Crippen LogP contribution in [-0.4, -0.2) is 40.9 Å². The summed E-state index contributed by atoms with van der Waals surface area (Å²) in [6, 6.07) is 5.96. The topological polar surface area (TPSA) is 43.7 Å². The Balaban J connectivity index is 1.91. The van der Waals surface area contributed by atoms with Crippen molar-refractivity contribution in [2.45, 2.75) is 44.2 Å². The first kappa shape index (κ1) is 17.0. The minimum absolute atomic E-state index is 0.214. The quantitative estimate of drug-likeness (QED) is 0.764. The zero-order valence-electron chi connectivity index (χ0n) is 12.1. The number of rotatable bonds is 8. The van der Waals surface area contributed by atoms with Gasteiger partial charge in [-0.05, 0) is 31.7 Å². The summed E-state index contributed by atoms with van der Waals surface area (Å²) >= 11 is 12.1. The minimum atomic E-state index is -0.604. The molecule has 1 aromatic rings. The molecule has 0 heterocycles. The van der Waals surface area contributed by atoms with E-state index in [0.717, 1.165) is 19.5 Å². The fraction of sp³-hybridized carbons (Fsp3) is 0.625. The van der Waals surface area contributed by atoms with Crippen molar-refractivity contribution >= 4 is 23.2 Å². The van der Waals surface area contributed by atoms with Crippen molar-refractivity contribution in [2.75, 3.05) is 19.7 Å². The van der Waals surface area contributed by atoms with Crippen LogP contribution in [0.1, 0.15) is 43.8 Å². The molecule has 1 saturated carbocycles. The number of halogens is 2. The first-order valence-corrected chi connectivity index (χ1v) is 8.36. The van der Waals surface area contributed by atoms with E-state index in [1.54, 1.807) is 6.07 Å². The lowest BCUT2D eigenvalue weighted by Crippen LogP contribution is -2.41. The van der Waals surface area contributed by atoms with Crippen molar-refractivity contribution in [3.05, 3.63) is 33.8 Å². The van der Waals surface area contributed by atoms with Crippen molar-refractivity contribution < 1.29 is 10.2 Å². The largest absolute Gasteiger partial charge is 0.396 e. The molecule has 2 N–H and O–H groups in total. The van der Waals surface area contributed by atoms with Crippen molar-refractivity contribution in [3.8, 4) is 0 Å². The Labute approximate surface area is 136 Å². The Morgan fingerprint density at radius 3 is 2.62 bits per heavy atom. The van der Waals surface area contributed by atoms with E-state index in [1.807, 2.05) is 12.1 Å². The lowest BCUT2D eigenvalue weighted by atomic mass is 9.91. The Morgan fingerprint density at radius 2 is 2.00 bits per heavy atom. The Kier molecular flexibility index (Phi) is 6.77. The highest BCUT2D eigenvalue weighted by Gasteiger charge is 2.25. The second kappa shape index (κ2) is 8.35. The molecule has 118 valence electrons. The zero-order valence-corrected chi connectivity index (χ0v) is 13.7. The van der Waals surface area contributed by atoms with Gasteiger partial charge >= 0.3 is 0 Å². The summed E-state index contributed by atoms with van der Waals surface area (Å²) in [6.07, 6.45) is 4.53. The number of aliphatic hydroxyl groups excluding tert-OH is 2. The van der Waals surface area contributed by atoms with Crippen LogP contribution in [-0.2, 0) is 0 Å². The molecule has 5 heteroatoms. The zero-order chi connectivity index (χ0) is 15.2. The van der Waals surface area contributed by atoms with E-state index in [0.29, 0.717) is 28.1 Å². The van der Waals surface area contributed by atoms with Crippen LogP contribution in [0.4, 0.5) is 0 Å². The maximum atomic E-state index is 10.4. The molecule has 1 fully saturated rings. The van der Waals surface area contributed by atoms with Gasteiger partial charge in [-0.3, -0.25) is 0 Å². The predicted octanol–water partition coefficient (Wildman–Crippen LogP) is 3.65. The third kappa shape index (κ3) is 4.57. The van der Waals surface area contributed by atoms with Gasteiger partial charge in [-0.25, -0.2) is 0 Å². The smallest absolute Gasteiger partial charge is 0.0817 e. The molecule has 0 amide bonds. The van der Waals surface area contributed by atoms with Gasteiger partial charge in [-0.2, -0.15) is 0 Å². The van der Waals surface area contributed by atoms with E-state index in [1.165, 1.54) is 19.3 Å². The highest BCUT2D eigenvalue weighted by atomic mass is 35.5. The monoisotopic (exact) mass is 331 g/mol. The van der Waals surface area contributed by atoms with Gasteiger partial charge in [0.2, 0.25) is 0 Å². The molecule has 0 spiro atoms. The lowest BCUT2D eigenvalue weighted by Gasteiger charge is -2.38. The molecule has 1 aliphatic rings. The van der Waals surface area contributed by atoms with Crippen LogP contribution in [0.15, 0.2) is 18.2 Å². The van der Waals surface area contributed by atoms with E-state index < -0.39 is 6.10 Å². The fourth-order valence-electron chi connectivity index (χ4n) is 2.72. The standard InChI is InChI=1S/C16H23Cl2NO2/c17-14-7-2-6-13(16(14)18)15(21)8-10-19(9-3-11-20)12-4-1-5-12/h2,6-7,12,15,20-21H,1,3-5,8-11H2. The van der Waals surface area contributed by atoms with Gasteiger partial charge in [0, 0.05) is 31.3 Å². The molecule has 0 saturated heterocycles. The molecule has 0 aromatic heterocycles. The van der Waals surface area contributed by atoms with E-state index in [2.05, 4.69) is 4.90 Å². The fourth-order valence-corrected chi connectivity index (χ4v) is 3.16. The summed E-state index contributed by atoms with van der Waals surface area (Å²) in [5.41, 5.74) is 0.694. The van der Waals surface area contributed by atoms with E-state index in [4.69, 9.17) is 28.3 Å². The Morgan fingerprint density at radius 1 is 1.24 bits per heavy atom. The molecule has 0 radical (unpaired) electrons. The first-order chi connectivity index (χ1) is 10.1. The molecular weight excluding hydrogens is 309 g/mol. The van der Waals surface area contributed by atoms with Crippen LogP contribution in [0.25, 0.3) is 0 Å². The van der Waals surface area contributed by atoms with Gasteiger partial charge in [0.05, 0.1) is 16.1 Å². The SMILES string of the molecule is OCCCN(CCC(O)c1cccc(Cl)c1Cl)C1CCC1. The van der Waals surface area contributed by atoms with Crippen LogP contribution in [0.3, 0.4) is 0 Å². The van der Waals surface area contributed by atoms with Crippen LogP contribution < -0.4 is 0 Å². The van der Waals surface area contributed by atoms with E-state index in [-0.39, 0.29) is 6.61 Å². The highest BCUT2D eigenvalue weighted by Crippen LogP contribution is 2.32. The van der Waals surface area contributed by atoms with Gasteiger partial charge in [0.1, 0.15) is 0 Å². The van der Waals surface area contributed by atoms with Crippen molar-refractivity contribution in [1.29, 1.82) is 0 Å². The minimum Gasteiger partial charge on any atom is -0.396 e. The summed E-state index contributed by atoms with van der Waals surface area (Å²) < 4.78 is 0. The van der Waals surface area contributed by atoms with Gasteiger partial charge in [-0.15, -0.1) is 0 Å². The summed E-state index contributed by atoms with van der Waals surface area (Å²) in [5, 5.41) is 20.3. The van der Waals surface area contributed by atoms with Crippen molar-refractivity contribution in [3.63, 3.8) is 0 Å². The normalized spacial score (nSPS) is 17.0. The maximum absolute atomic E-state index is 10.4. The van der Waals surface area contributed by atoms with Crippen LogP contribution in [0.5, 0.6) is 0 Å². The number of aliphatic hydroxyl groups is 2. The number of hydrogen-bond acceptors (Lipinski definition) is 3. The van der Waals surface area contributed by atoms with Gasteiger partial charge < -0.3 is 15.1 Å². The third-order valence-electron chi connectivity index (χ3n) is 4.22. The summed E-state index contributed by atoms with van der Waals surface area (Å²) in [5.74, 6) is 0. The molecule has 1 atom stereocenters. The number of nitrogens with zero attached hydrogens (tertiary/aromatic N) is 1. The summed E-state index contributed by atoms with van der Waals surface area (Å²) in [6.45, 7) is 1.91. The third-order valence-corrected chi connectivity index (χ3v) is 5.06. The van der Waals surface area contributed by atoms with Gasteiger partial charge in [-0.1, -0.05) is 41.8 Å². The lowest BCUT2D eigenvalue weighted by molar-refractivity contribution is 0.0864. The van der Waals surface area contributed by atoms with Crippen LogP contribution in [0.2, 0.25) is 10.0 Å². The summed E-state index contributed by atoms with van der Waals surface area (Å²) in [4.78, 5) is 2.38. The molecule has 1 aromatic carbocycles. The summed E-state index contributed by atoms with van der Waals surface area (Å²) in [7, 11) is 0. The second-order valence-corrected chi connectivity index (χ2v) is 6.43. The van der Waals surface area contributed by atoms with Crippen molar-refractivity contribution in [2.24, 2.45) is 0 Å². The molecule has 21 heavy (non-hydrogen) atoms.